The van der Waals surface area contributed by atoms with Gasteiger partial charge in [0.05, 0.1) is 11.3 Å². The van der Waals surface area contributed by atoms with Crippen molar-refractivity contribution in [2.45, 2.75) is 24.2 Å². The molecule has 0 aromatic heterocycles. The molecule has 0 unspecified atom stereocenters. The van der Waals surface area contributed by atoms with Gasteiger partial charge in [-0.1, -0.05) is 12.1 Å². The molecular weight excluding hydrogens is 467 g/mol. The number of sulfonamides is 1. The largest absolute Gasteiger partial charge is 0.367 e. The predicted molar refractivity (Wildman–Crippen MR) is 124 cm³/mol. The number of amides is 1. The Balaban J connectivity index is 1.38. The summed E-state index contributed by atoms with van der Waals surface area (Å²) < 4.78 is 69.1. The van der Waals surface area contributed by atoms with Gasteiger partial charge in [-0.3, -0.25) is 9.52 Å². The summed E-state index contributed by atoms with van der Waals surface area (Å²) >= 11 is 0. The van der Waals surface area contributed by atoms with Crippen LogP contribution in [0.15, 0.2) is 65.6 Å². The number of benzene rings is 3. The number of nitrogens with zero attached hydrogens (tertiary/aromatic N) is 1. The zero-order valence-corrected chi connectivity index (χ0v) is 18.8. The standard InChI is InChI=1S/C24H22F3N3O3S/c25-17-5-9-20(10-6-17)34(32,33)29-18-7-3-16(4-8-18)13-23(31)28-19-14-21(26)24(22(27)15-19)30-11-1-2-12-30/h3-10,14-15,29H,1-2,11-13H2,(H,28,31). The van der Waals surface area contributed by atoms with Crippen molar-refractivity contribution in [3.63, 3.8) is 0 Å². The highest BCUT2D eigenvalue weighted by Gasteiger charge is 2.21. The number of nitrogens with one attached hydrogen (secondary N) is 2. The number of carbonyl (C=O) groups is 1. The summed E-state index contributed by atoms with van der Waals surface area (Å²) in [6.07, 6.45) is 1.68. The third kappa shape index (κ3) is 5.51. The van der Waals surface area contributed by atoms with E-state index in [1.54, 1.807) is 17.0 Å². The summed E-state index contributed by atoms with van der Waals surface area (Å²) in [5, 5.41) is 2.49. The molecule has 1 aliphatic heterocycles. The molecule has 2 N–H and O–H groups in total. The molecule has 0 saturated carbocycles. The van der Waals surface area contributed by atoms with E-state index in [1.807, 2.05) is 0 Å². The summed E-state index contributed by atoms with van der Waals surface area (Å²) in [5.74, 6) is -2.48. The minimum Gasteiger partial charge on any atom is -0.367 e. The van der Waals surface area contributed by atoms with E-state index in [1.165, 1.54) is 12.1 Å². The molecule has 1 aliphatic rings. The van der Waals surface area contributed by atoms with Crippen molar-refractivity contribution in [2.75, 3.05) is 28.0 Å². The fraction of sp³-hybridized carbons (Fsp3) is 0.208. The molecule has 6 nitrogen and oxygen atoms in total. The SMILES string of the molecule is O=C(Cc1ccc(NS(=O)(=O)c2ccc(F)cc2)cc1)Nc1cc(F)c(N2CCCC2)c(F)c1. The molecule has 0 spiro atoms. The predicted octanol–water partition coefficient (Wildman–Crippen LogP) is 4.69. The maximum absolute atomic E-state index is 14.5. The number of rotatable bonds is 7. The highest BCUT2D eigenvalue weighted by molar-refractivity contribution is 7.92. The lowest BCUT2D eigenvalue weighted by atomic mass is 10.1. The smallest absolute Gasteiger partial charge is 0.261 e. The average molecular weight is 490 g/mol. The van der Waals surface area contributed by atoms with Gasteiger partial charge in [0, 0.05) is 24.5 Å². The number of hydrogen-bond donors (Lipinski definition) is 2. The monoisotopic (exact) mass is 489 g/mol. The van der Waals surface area contributed by atoms with Gasteiger partial charge in [-0.05, 0) is 66.9 Å². The normalized spacial score (nSPS) is 13.7. The number of hydrogen-bond acceptors (Lipinski definition) is 4. The molecule has 1 saturated heterocycles. The Morgan fingerprint density at radius 3 is 2.03 bits per heavy atom. The zero-order valence-electron chi connectivity index (χ0n) is 18.0. The number of anilines is 3. The highest BCUT2D eigenvalue weighted by atomic mass is 32.2. The van der Waals surface area contributed by atoms with Gasteiger partial charge in [-0.2, -0.15) is 0 Å². The second-order valence-electron chi connectivity index (χ2n) is 7.96. The van der Waals surface area contributed by atoms with Crippen LogP contribution in [0.1, 0.15) is 18.4 Å². The zero-order chi connectivity index (χ0) is 24.3. The molecular formula is C24H22F3N3O3S. The average Bonchev–Trinajstić information content (AvgIpc) is 3.29. The van der Waals surface area contributed by atoms with Crippen LogP contribution in [0.5, 0.6) is 0 Å². The van der Waals surface area contributed by atoms with E-state index in [0.29, 0.717) is 18.7 Å². The topological polar surface area (TPSA) is 78.5 Å². The van der Waals surface area contributed by atoms with E-state index in [0.717, 1.165) is 49.2 Å². The van der Waals surface area contributed by atoms with E-state index in [4.69, 9.17) is 0 Å². The van der Waals surface area contributed by atoms with Crippen LogP contribution in [0.25, 0.3) is 0 Å². The van der Waals surface area contributed by atoms with Crippen molar-refractivity contribution >= 4 is 33.0 Å². The summed E-state index contributed by atoms with van der Waals surface area (Å²) in [6.45, 7) is 1.19. The van der Waals surface area contributed by atoms with Crippen molar-refractivity contribution in [1.29, 1.82) is 0 Å². The minimum atomic E-state index is -3.90. The van der Waals surface area contributed by atoms with E-state index in [9.17, 15) is 26.4 Å². The number of halogens is 3. The second-order valence-corrected chi connectivity index (χ2v) is 9.65. The Morgan fingerprint density at radius 2 is 1.44 bits per heavy atom. The molecule has 0 aliphatic carbocycles. The Labute approximate surface area is 195 Å². The first kappa shape index (κ1) is 23.6. The van der Waals surface area contributed by atoms with Crippen LogP contribution in [0.3, 0.4) is 0 Å². The van der Waals surface area contributed by atoms with Gasteiger partial charge >= 0.3 is 0 Å². The second kappa shape index (κ2) is 9.76. The van der Waals surface area contributed by atoms with Crippen molar-refractivity contribution in [3.8, 4) is 0 Å². The molecule has 4 rings (SSSR count). The van der Waals surface area contributed by atoms with Gasteiger partial charge in [0.15, 0.2) is 11.6 Å². The molecule has 3 aromatic carbocycles. The van der Waals surface area contributed by atoms with Crippen molar-refractivity contribution < 1.29 is 26.4 Å². The first-order valence-corrected chi connectivity index (χ1v) is 12.1. The molecule has 3 aromatic rings. The Bertz CT molecular complexity index is 1270. The Kier molecular flexibility index (Phi) is 6.78. The van der Waals surface area contributed by atoms with Crippen LogP contribution in [0.4, 0.5) is 30.2 Å². The van der Waals surface area contributed by atoms with Gasteiger partial charge in [0.2, 0.25) is 5.91 Å². The van der Waals surface area contributed by atoms with Crippen LogP contribution >= 0.6 is 0 Å². The van der Waals surface area contributed by atoms with Gasteiger partial charge in [0.1, 0.15) is 11.5 Å². The third-order valence-electron chi connectivity index (χ3n) is 5.42. The van der Waals surface area contributed by atoms with Crippen molar-refractivity contribution in [1.82, 2.24) is 0 Å². The minimum absolute atomic E-state index is 0.0200. The summed E-state index contributed by atoms with van der Waals surface area (Å²) in [7, 11) is -3.90. The lowest BCUT2D eigenvalue weighted by molar-refractivity contribution is -0.115. The molecule has 1 fully saturated rings. The van der Waals surface area contributed by atoms with Gasteiger partial charge in [-0.25, -0.2) is 21.6 Å². The van der Waals surface area contributed by atoms with Crippen LogP contribution in [-0.2, 0) is 21.2 Å². The van der Waals surface area contributed by atoms with Gasteiger partial charge in [0.25, 0.3) is 10.0 Å². The lowest BCUT2D eigenvalue weighted by Gasteiger charge is -2.19. The molecule has 1 heterocycles. The van der Waals surface area contributed by atoms with E-state index in [2.05, 4.69) is 10.0 Å². The van der Waals surface area contributed by atoms with E-state index >= 15 is 0 Å². The molecule has 178 valence electrons. The van der Waals surface area contributed by atoms with Crippen LogP contribution in [-0.4, -0.2) is 27.4 Å². The van der Waals surface area contributed by atoms with Crippen LogP contribution in [0.2, 0.25) is 0 Å². The first-order chi connectivity index (χ1) is 16.2. The number of carbonyl (C=O) groups excluding carboxylic acids is 1. The molecule has 0 atom stereocenters. The Morgan fingerprint density at radius 1 is 0.853 bits per heavy atom. The third-order valence-corrected chi connectivity index (χ3v) is 6.81. The summed E-state index contributed by atoms with van der Waals surface area (Å²) in [5.41, 5.74) is 0.771. The van der Waals surface area contributed by atoms with E-state index in [-0.39, 0.29) is 28.4 Å². The van der Waals surface area contributed by atoms with Gasteiger partial charge < -0.3 is 10.2 Å². The maximum Gasteiger partial charge on any atom is 0.261 e. The maximum atomic E-state index is 14.5. The van der Waals surface area contributed by atoms with Crippen molar-refractivity contribution in [3.05, 3.63) is 83.7 Å². The van der Waals surface area contributed by atoms with Crippen LogP contribution < -0.4 is 14.9 Å². The van der Waals surface area contributed by atoms with Crippen molar-refractivity contribution in [2.24, 2.45) is 0 Å². The van der Waals surface area contributed by atoms with Gasteiger partial charge in [-0.15, -0.1) is 0 Å². The van der Waals surface area contributed by atoms with E-state index < -0.39 is 33.4 Å². The first-order valence-electron chi connectivity index (χ1n) is 10.6. The summed E-state index contributed by atoms with van der Waals surface area (Å²) in [4.78, 5) is 13.9. The summed E-state index contributed by atoms with van der Waals surface area (Å²) in [6, 6.07) is 12.7. The molecule has 34 heavy (non-hydrogen) atoms. The van der Waals surface area contributed by atoms with Crippen LogP contribution in [0, 0.1) is 17.5 Å². The highest BCUT2D eigenvalue weighted by Crippen LogP contribution is 2.29. The fourth-order valence-electron chi connectivity index (χ4n) is 3.79. The molecule has 10 heteroatoms. The molecule has 1 amide bonds. The quantitative estimate of drug-likeness (QED) is 0.505. The fourth-order valence-corrected chi connectivity index (χ4v) is 4.85. The molecule has 0 bridgehead atoms. The Hall–Kier alpha value is -3.53. The molecule has 0 radical (unpaired) electrons. The lowest BCUT2D eigenvalue weighted by Crippen LogP contribution is -2.21.